The van der Waals surface area contributed by atoms with Crippen LogP contribution in [0.2, 0.25) is 0 Å². The Balaban J connectivity index is 1.86. The summed E-state index contributed by atoms with van der Waals surface area (Å²) in [5, 5.41) is 11.9. The van der Waals surface area contributed by atoms with E-state index in [0.717, 1.165) is 42.4 Å². The minimum atomic E-state index is 0.872. The summed E-state index contributed by atoms with van der Waals surface area (Å²) in [6.07, 6.45) is 2.77. The number of aryl methyl sites for hydroxylation is 2. The molecule has 4 heterocycles. The van der Waals surface area contributed by atoms with Crippen LogP contribution in [0.4, 0.5) is 5.82 Å². The molecule has 0 atom stereocenters. The maximum atomic E-state index is 4.60. The summed E-state index contributed by atoms with van der Waals surface area (Å²) >= 11 is 0. The average molecular weight is 282 g/mol. The van der Waals surface area contributed by atoms with Crippen LogP contribution in [0.15, 0.2) is 12.3 Å². The SMILES string of the molecule is Cc1nc2ccnn2c(N2CCc3n[nH]c(C)c3C2)c1C. The molecule has 1 N–H and O–H groups in total. The van der Waals surface area contributed by atoms with Gasteiger partial charge in [0.1, 0.15) is 5.82 Å². The zero-order valence-electron chi connectivity index (χ0n) is 12.5. The summed E-state index contributed by atoms with van der Waals surface area (Å²) in [5.41, 5.74) is 6.83. The van der Waals surface area contributed by atoms with E-state index in [4.69, 9.17) is 0 Å². The van der Waals surface area contributed by atoms with Crippen molar-refractivity contribution in [2.75, 3.05) is 11.4 Å². The first kappa shape index (κ1) is 12.4. The van der Waals surface area contributed by atoms with Crippen LogP contribution in [-0.4, -0.2) is 31.3 Å². The Kier molecular flexibility index (Phi) is 2.54. The zero-order valence-corrected chi connectivity index (χ0v) is 12.5. The van der Waals surface area contributed by atoms with Crippen molar-refractivity contribution in [3.8, 4) is 0 Å². The molecule has 0 amide bonds. The summed E-state index contributed by atoms with van der Waals surface area (Å²) < 4.78 is 1.95. The Morgan fingerprint density at radius 1 is 1.24 bits per heavy atom. The second kappa shape index (κ2) is 4.31. The highest BCUT2D eigenvalue weighted by atomic mass is 15.3. The van der Waals surface area contributed by atoms with E-state index in [1.54, 1.807) is 0 Å². The predicted molar refractivity (Wildman–Crippen MR) is 80.5 cm³/mol. The lowest BCUT2D eigenvalue weighted by atomic mass is 10.1. The first-order valence-corrected chi connectivity index (χ1v) is 7.24. The van der Waals surface area contributed by atoms with Crippen molar-refractivity contribution in [2.45, 2.75) is 33.7 Å². The highest BCUT2D eigenvalue weighted by Crippen LogP contribution is 2.28. The normalized spacial score (nSPS) is 14.7. The van der Waals surface area contributed by atoms with E-state index in [0.29, 0.717) is 0 Å². The van der Waals surface area contributed by atoms with Crippen LogP contribution >= 0.6 is 0 Å². The van der Waals surface area contributed by atoms with Crippen LogP contribution in [0.3, 0.4) is 0 Å². The monoisotopic (exact) mass is 282 g/mol. The molecule has 0 saturated heterocycles. The number of nitrogens with one attached hydrogen (secondary N) is 1. The van der Waals surface area contributed by atoms with Crippen LogP contribution in [0.1, 0.15) is 28.2 Å². The summed E-state index contributed by atoms with van der Waals surface area (Å²) in [6.45, 7) is 8.10. The van der Waals surface area contributed by atoms with Gasteiger partial charge in [0.05, 0.1) is 11.9 Å². The number of H-pyrrole nitrogens is 1. The molecular formula is C15H18N6. The molecule has 0 fully saturated rings. The fraction of sp³-hybridized carbons (Fsp3) is 0.400. The summed E-state index contributed by atoms with van der Waals surface area (Å²) in [6, 6.07) is 1.95. The lowest BCUT2D eigenvalue weighted by molar-refractivity contribution is 0.688. The topological polar surface area (TPSA) is 62.1 Å². The van der Waals surface area contributed by atoms with E-state index in [-0.39, 0.29) is 0 Å². The second-order valence-electron chi connectivity index (χ2n) is 5.69. The Labute approximate surface area is 122 Å². The van der Waals surface area contributed by atoms with E-state index in [1.807, 2.05) is 16.8 Å². The van der Waals surface area contributed by atoms with Crippen LogP contribution in [0.25, 0.3) is 5.65 Å². The van der Waals surface area contributed by atoms with Crippen molar-refractivity contribution >= 4 is 11.5 Å². The van der Waals surface area contributed by atoms with Gasteiger partial charge in [-0.2, -0.15) is 14.7 Å². The van der Waals surface area contributed by atoms with Crippen LogP contribution < -0.4 is 4.90 Å². The lowest BCUT2D eigenvalue weighted by Crippen LogP contribution is -2.33. The summed E-state index contributed by atoms with van der Waals surface area (Å²) in [7, 11) is 0. The zero-order chi connectivity index (χ0) is 14.6. The second-order valence-corrected chi connectivity index (χ2v) is 5.69. The van der Waals surface area contributed by atoms with Gasteiger partial charge in [-0.05, 0) is 20.8 Å². The van der Waals surface area contributed by atoms with Crippen molar-refractivity contribution in [3.63, 3.8) is 0 Å². The van der Waals surface area contributed by atoms with Gasteiger partial charge >= 0.3 is 0 Å². The summed E-state index contributed by atoms with van der Waals surface area (Å²) in [4.78, 5) is 6.98. The largest absolute Gasteiger partial charge is 0.351 e. The molecule has 0 aromatic carbocycles. The van der Waals surface area contributed by atoms with Gasteiger partial charge in [0.15, 0.2) is 5.65 Å². The Hall–Kier alpha value is -2.37. The number of anilines is 1. The van der Waals surface area contributed by atoms with Crippen LogP contribution in [0, 0.1) is 20.8 Å². The lowest BCUT2D eigenvalue weighted by Gasteiger charge is -2.30. The number of hydrogen-bond acceptors (Lipinski definition) is 4. The van der Waals surface area contributed by atoms with Crippen molar-refractivity contribution < 1.29 is 0 Å². The fourth-order valence-electron chi connectivity index (χ4n) is 3.10. The van der Waals surface area contributed by atoms with Crippen molar-refractivity contribution in [3.05, 3.63) is 40.5 Å². The van der Waals surface area contributed by atoms with E-state index < -0.39 is 0 Å². The Bertz CT molecular complexity index is 828. The van der Waals surface area contributed by atoms with Crippen molar-refractivity contribution in [1.29, 1.82) is 0 Å². The van der Waals surface area contributed by atoms with E-state index in [1.165, 1.54) is 16.8 Å². The molecule has 3 aromatic rings. The third-order valence-electron chi connectivity index (χ3n) is 4.41. The molecule has 0 aliphatic carbocycles. The van der Waals surface area contributed by atoms with E-state index in [2.05, 4.69) is 46.0 Å². The molecular weight excluding hydrogens is 264 g/mol. The number of fused-ring (bicyclic) bond motifs is 2. The smallest absolute Gasteiger partial charge is 0.157 e. The number of nitrogens with zero attached hydrogens (tertiary/aromatic N) is 5. The molecule has 0 saturated carbocycles. The van der Waals surface area contributed by atoms with Gasteiger partial charge in [-0.25, -0.2) is 4.98 Å². The highest BCUT2D eigenvalue weighted by molar-refractivity contribution is 5.57. The number of aromatic amines is 1. The molecule has 0 spiro atoms. The van der Waals surface area contributed by atoms with Gasteiger partial charge in [0.2, 0.25) is 0 Å². The molecule has 108 valence electrons. The fourth-order valence-corrected chi connectivity index (χ4v) is 3.10. The standard InChI is InChI=1S/C15H18N6/c1-9-10(2)17-14-4-6-16-21(14)15(9)20-7-5-13-12(8-20)11(3)18-19-13/h4,6H,5,7-8H2,1-3H3,(H,18,19). The first-order chi connectivity index (χ1) is 10.1. The molecule has 0 unspecified atom stereocenters. The number of hydrogen-bond donors (Lipinski definition) is 1. The number of rotatable bonds is 1. The molecule has 0 bridgehead atoms. The molecule has 4 rings (SSSR count). The maximum absolute atomic E-state index is 4.60. The molecule has 1 aliphatic heterocycles. The van der Waals surface area contributed by atoms with Gasteiger partial charge in [-0.1, -0.05) is 0 Å². The minimum Gasteiger partial charge on any atom is -0.351 e. The molecule has 3 aromatic heterocycles. The molecule has 0 radical (unpaired) electrons. The number of aromatic nitrogens is 5. The average Bonchev–Trinajstić information content (AvgIpc) is 3.07. The first-order valence-electron chi connectivity index (χ1n) is 7.24. The summed E-state index contributed by atoms with van der Waals surface area (Å²) in [5.74, 6) is 1.15. The predicted octanol–water partition coefficient (Wildman–Crippen LogP) is 1.94. The highest BCUT2D eigenvalue weighted by Gasteiger charge is 2.24. The van der Waals surface area contributed by atoms with Crippen LogP contribution in [0.5, 0.6) is 0 Å². The van der Waals surface area contributed by atoms with Gasteiger partial charge in [0.25, 0.3) is 0 Å². The van der Waals surface area contributed by atoms with Crippen molar-refractivity contribution in [2.24, 2.45) is 0 Å². The van der Waals surface area contributed by atoms with Gasteiger partial charge < -0.3 is 4.90 Å². The quantitative estimate of drug-likeness (QED) is 0.741. The van der Waals surface area contributed by atoms with E-state index >= 15 is 0 Å². The molecule has 1 aliphatic rings. The van der Waals surface area contributed by atoms with Gasteiger partial charge in [0, 0.05) is 48.1 Å². The third-order valence-corrected chi connectivity index (χ3v) is 4.41. The Morgan fingerprint density at radius 3 is 2.95 bits per heavy atom. The third kappa shape index (κ3) is 1.75. The van der Waals surface area contributed by atoms with E-state index in [9.17, 15) is 0 Å². The Morgan fingerprint density at radius 2 is 2.10 bits per heavy atom. The molecule has 21 heavy (non-hydrogen) atoms. The van der Waals surface area contributed by atoms with Crippen molar-refractivity contribution in [1.82, 2.24) is 24.8 Å². The maximum Gasteiger partial charge on any atom is 0.157 e. The minimum absolute atomic E-state index is 0.872. The molecule has 6 nitrogen and oxygen atoms in total. The van der Waals surface area contributed by atoms with Crippen LogP contribution in [-0.2, 0) is 13.0 Å². The molecule has 6 heteroatoms. The van der Waals surface area contributed by atoms with Gasteiger partial charge in [-0.3, -0.25) is 5.10 Å². The van der Waals surface area contributed by atoms with Gasteiger partial charge in [-0.15, -0.1) is 0 Å².